The lowest BCUT2D eigenvalue weighted by atomic mass is 9.88. The summed E-state index contributed by atoms with van der Waals surface area (Å²) in [4.78, 5) is 15.5. The van der Waals surface area contributed by atoms with Crippen LogP contribution < -0.4 is 10.2 Å². The molecule has 4 heterocycles. The third-order valence-corrected chi connectivity index (χ3v) is 10.8. The van der Waals surface area contributed by atoms with Crippen molar-refractivity contribution in [1.29, 1.82) is 0 Å². The van der Waals surface area contributed by atoms with Crippen molar-refractivity contribution in [2.24, 2.45) is 0 Å². The minimum absolute atomic E-state index is 0.207. The van der Waals surface area contributed by atoms with Gasteiger partial charge in [0.05, 0.1) is 5.52 Å². The fraction of sp³-hybridized carbons (Fsp3) is 0.600. The topological polar surface area (TPSA) is 44.3 Å². The van der Waals surface area contributed by atoms with Gasteiger partial charge >= 0.3 is 0 Å². The Labute approximate surface area is 255 Å². The molecule has 5 fully saturated rings. The summed E-state index contributed by atoms with van der Waals surface area (Å²) in [6.45, 7) is 11.3. The molecule has 1 N–H and O–H groups in total. The van der Waals surface area contributed by atoms with Crippen molar-refractivity contribution >= 4 is 28.3 Å². The molecule has 8 rings (SSSR count). The Morgan fingerprint density at radius 3 is 2.45 bits per heavy atom. The highest BCUT2D eigenvalue weighted by atomic mass is 35.5. The van der Waals surface area contributed by atoms with Crippen LogP contribution in [0.15, 0.2) is 24.3 Å². The second-order valence-corrected chi connectivity index (χ2v) is 13.7. The Morgan fingerprint density at radius 1 is 0.976 bits per heavy atom. The Balaban J connectivity index is 0.00000141. The molecule has 1 spiro atoms. The van der Waals surface area contributed by atoms with E-state index >= 15 is 4.39 Å². The molecular formula is C35H45ClFN5. The summed E-state index contributed by atoms with van der Waals surface area (Å²) < 4.78 is 16.1. The largest absolute Gasteiger partial charge is 0.353 e. The summed E-state index contributed by atoms with van der Waals surface area (Å²) >= 11 is 6.76. The van der Waals surface area contributed by atoms with Crippen molar-refractivity contribution in [3.8, 4) is 11.1 Å². The van der Waals surface area contributed by atoms with Crippen molar-refractivity contribution in [2.75, 3.05) is 37.6 Å². The lowest BCUT2D eigenvalue weighted by molar-refractivity contribution is 0.182. The number of piperazine rings is 1. The van der Waals surface area contributed by atoms with Gasteiger partial charge in [0.15, 0.2) is 0 Å². The van der Waals surface area contributed by atoms with Gasteiger partial charge in [-0.3, -0.25) is 4.90 Å². The SMILES string of the molecule is CC.Cc1cc(Cl)c(C2CC2)c(-c2cc3nc(CCC45CCCN4CCC5)nc(N4CCNC5(CC5)C4)c3cc2F)c1. The van der Waals surface area contributed by atoms with E-state index in [0.717, 1.165) is 89.6 Å². The van der Waals surface area contributed by atoms with Gasteiger partial charge in [-0.1, -0.05) is 31.5 Å². The third kappa shape index (κ3) is 5.11. The van der Waals surface area contributed by atoms with Gasteiger partial charge < -0.3 is 10.2 Å². The van der Waals surface area contributed by atoms with Crippen LogP contribution in [0.3, 0.4) is 0 Å². The number of anilines is 1. The van der Waals surface area contributed by atoms with Gasteiger partial charge in [-0.2, -0.15) is 0 Å². The fourth-order valence-corrected chi connectivity index (χ4v) is 8.53. The molecule has 3 saturated heterocycles. The molecule has 224 valence electrons. The van der Waals surface area contributed by atoms with E-state index in [4.69, 9.17) is 21.6 Å². The summed E-state index contributed by atoms with van der Waals surface area (Å²) in [5.41, 5.74) is 5.09. The van der Waals surface area contributed by atoms with E-state index in [9.17, 15) is 0 Å². The normalized spacial score (nSPS) is 22.4. The molecule has 2 saturated carbocycles. The van der Waals surface area contributed by atoms with Gasteiger partial charge in [-0.15, -0.1) is 0 Å². The molecule has 0 atom stereocenters. The first-order valence-electron chi connectivity index (χ1n) is 16.5. The van der Waals surface area contributed by atoms with E-state index in [1.807, 2.05) is 32.9 Å². The minimum atomic E-state index is -0.212. The summed E-state index contributed by atoms with van der Waals surface area (Å²) in [5, 5.41) is 5.30. The van der Waals surface area contributed by atoms with Crippen LogP contribution in [0.25, 0.3) is 22.0 Å². The van der Waals surface area contributed by atoms with Crippen LogP contribution in [0.5, 0.6) is 0 Å². The van der Waals surface area contributed by atoms with E-state index in [1.165, 1.54) is 51.6 Å². The minimum Gasteiger partial charge on any atom is -0.353 e. The summed E-state index contributed by atoms with van der Waals surface area (Å²) in [6, 6.07) is 7.81. The Bertz CT molecular complexity index is 1490. The number of nitrogens with one attached hydrogen (secondary N) is 1. The number of fused-ring (bicyclic) bond motifs is 2. The summed E-state index contributed by atoms with van der Waals surface area (Å²) in [7, 11) is 0. The quantitative estimate of drug-likeness (QED) is 0.318. The number of aromatic nitrogens is 2. The molecule has 0 radical (unpaired) electrons. The molecular weight excluding hydrogens is 545 g/mol. The lowest BCUT2D eigenvalue weighted by Crippen LogP contribution is -2.52. The van der Waals surface area contributed by atoms with E-state index in [2.05, 4.69) is 21.2 Å². The molecule has 0 amide bonds. The first-order chi connectivity index (χ1) is 20.4. The Hall–Kier alpha value is -2.28. The zero-order valence-corrected chi connectivity index (χ0v) is 26.3. The molecule has 5 aliphatic rings. The maximum Gasteiger partial charge on any atom is 0.140 e. The van der Waals surface area contributed by atoms with E-state index in [1.54, 1.807) is 6.07 Å². The van der Waals surface area contributed by atoms with Crippen LogP contribution in [0.2, 0.25) is 5.02 Å². The molecule has 2 aliphatic carbocycles. The second kappa shape index (κ2) is 11.0. The van der Waals surface area contributed by atoms with Crippen LogP contribution in [-0.4, -0.2) is 58.7 Å². The van der Waals surface area contributed by atoms with E-state index in [-0.39, 0.29) is 11.4 Å². The van der Waals surface area contributed by atoms with Gasteiger partial charge in [-0.05, 0) is 119 Å². The second-order valence-electron chi connectivity index (χ2n) is 13.3. The number of benzene rings is 2. The number of hydrogen-bond acceptors (Lipinski definition) is 5. The van der Waals surface area contributed by atoms with Gasteiger partial charge in [-0.25, -0.2) is 14.4 Å². The summed E-state index contributed by atoms with van der Waals surface area (Å²) in [6.07, 6.45) is 11.8. The Morgan fingerprint density at radius 2 is 1.74 bits per heavy atom. The average Bonchev–Trinajstić information content (AvgIpc) is 3.88. The van der Waals surface area contributed by atoms with Crippen molar-refractivity contribution in [3.05, 3.63) is 52.1 Å². The molecule has 2 aromatic carbocycles. The van der Waals surface area contributed by atoms with Crippen molar-refractivity contribution < 1.29 is 4.39 Å². The monoisotopic (exact) mass is 589 g/mol. The molecule has 42 heavy (non-hydrogen) atoms. The maximum atomic E-state index is 16.1. The van der Waals surface area contributed by atoms with Crippen LogP contribution in [0, 0.1) is 12.7 Å². The van der Waals surface area contributed by atoms with Crippen molar-refractivity contribution in [1.82, 2.24) is 20.2 Å². The lowest BCUT2D eigenvalue weighted by Gasteiger charge is -2.36. The van der Waals surface area contributed by atoms with Crippen LogP contribution in [-0.2, 0) is 6.42 Å². The van der Waals surface area contributed by atoms with Gasteiger partial charge in [0.1, 0.15) is 17.5 Å². The fourth-order valence-electron chi connectivity index (χ4n) is 8.10. The maximum absolute atomic E-state index is 16.1. The van der Waals surface area contributed by atoms with Crippen molar-refractivity contribution in [3.63, 3.8) is 0 Å². The number of hydrogen-bond donors (Lipinski definition) is 1. The number of nitrogens with zero attached hydrogens (tertiary/aromatic N) is 4. The van der Waals surface area contributed by atoms with Gasteiger partial charge in [0.2, 0.25) is 0 Å². The van der Waals surface area contributed by atoms with Gasteiger partial charge in [0.25, 0.3) is 0 Å². The standard InChI is InChI=1S/C33H39ClFN5.C2H6/c1-21-16-24(30(22-4-5-22)26(34)17-21)23-19-28-25(18-27(23)35)31(39-15-12-36-32(20-39)10-11-32)38-29(37-28)6-9-33-7-2-13-40(33)14-3-8-33;1-2/h16-19,22,36H,2-15,20H2,1H3;1-2H3. The first-order valence-corrected chi connectivity index (χ1v) is 16.9. The third-order valence-electron chi connectivity index (χ3n) is 10.5. The molecule has 0 unspecified atom stereocenters. The number of halogens is 2. The average molecular weight is 590 g/mol. The van der Waals surface area contributed by atoms with E-state index < -0.39 is 0 Å². The van der Waals surface area contributed by atoms with Gasteiger partial charge in [0, 0.05) is 53.1 Å². The van der Waals surface area contributed by atoms with Crippen LogP contribution in [0.4, 0.5) is 10.2 Å². The predicted molar refractivity (Wildman–Crippen MR) is 171 cm³/mol. The smallest absolute Gasteiger partial charge is 0.140 e. The molecule has 0 bridgehead atoms. The highest BCUT2D eigenvalue weighted by Crippen LogP contribution is 2.49. The van der Waals surface area contributed by atoms with Crippen LogP contribution in [0.1, 0.15) is 94.5 Å². The summed E-state index contributed by atoms with van der Waals surface area (Å²) in [5.74, 6) is 2.03. The highest BCUT2D eigenvalue weighted by molar-refractivity contribution is 6.32. The number of aryl methyl sites for hydroxylation is 2. The molecule has 5 nitrogen and oxygen atoms in total. The highest BCUT2D eigenvalue weighted by Gasteiger charge is 2.46. The Kier molecular flexibility index (Phi) is 7.47. The van der Waals surface area contributed by atoms with Crippen molar-refractivity contribution in [2.45, 2.75) is 102 Å². The predicted octanol–water partition coefficient (Wildman–Crippen LogP) is 7.80. The molecule has 7 heteroatoms. The zero-order valence-electron chi connectivity index (χ0n) is 25.5. The zero-order chi connectivity index (χ0) is 29.1. The molecule has 3 aromatic rings. The number of rotatable bonds is 6. The molecule has 1 aromatic heterocycles. The van der Waals surface area contributed by atoms with Crippen LogP contribution >= 0.6 is 11.6 Å². The molecule has 3 aliphatic heterocycles. The van der Waals surface area contributed by atoms with E-state index in [0.29, 0.717) is 17.0 Å². The first kappa shape index (κ1) is 28.5.